The third-order valence-corrected chi connectivity index (χ3v) is 4.07. The van der Waals surface area contributed by atoms with Gasteiger partial charge in [0.15, 0.2) is 6.61 Å². The van der Waals surface area contributed by atoms with Gasteiger partial charge in [0.1, 0.15) is 5.75 Å². The summed E-state index contributed by atoms with van der Waals surface area (Å²) in [5, 5.41) is 4.36. The normalized spacial score (nSPS) is 10.9. The van der Waals surface area contributed by atoms with E-state index in [1.807, 2.05) is 45.0 Å². The number of nitrogens with zero attached hydrogens (tertiary/aromatic N) is 2. The molecule has 0 aliphatic carbocycles. The van der Waals surface area contributed by atoms with Gasteiger partial charge >= 0.3 is 0 Å². The Hall–Kier alpha value is -2.36. The lowest BCUT2D eigenvalue weighted by atomic mass is 10.0. The van der Waals surface area contributed by atoms with Crippen molar-refractivity contribution in [3.8, 4) is 5.75 Å². The summed E-state index contributed by atoms with van der Waals surface area (Å²) in [7, 11) is 0. The van der Waals surface area contributed by atoms with E-state index in [4.69, 9.17) is 4.74 Å². The number of hydrogen-bond acceptors (Lipinski definition) is 3. The Bertz CT molecular complexity index is 740. The molecule has 1 aromatic heterocycles. The Morgan fingerprint density at radius 3 is 2.42 bits per heavy atom. The largest absolute Gasteiger partial charge is 0.484 e. The fourth-order valence-corrected chi connectivity index (χ4v) is 2.63. The van der Waals surface area contributed by atoms with Gasteiger partial charge in [0.05, 0.1) is 5.69 Å². The summed E-state index contributed by atoms with van der Waals surface area (Å²) in [6.07, 6.45) is 0.739. The van der Waals surface area contributed by atoms with Crippen molar-refractivity contribution in [2.24, 2.45) is 0 Å². The maximum atomic E-state index is 12.4. The summed E-state index contributed by atoms with van der Waals surface area (Å²) < 4.78 is 7.05. The predicted octanol–water partition coefficient (Wildman–Crippen LogP) is 4.46. The van der Waals surface area contributed by atoms with Gasteiger partial charge in [0.2, 0.25) is 0 Å². The highest BCUT2D eigenvalue weighted by Gasteiger charge is 2.17. The molecule has 0 saturated heterocycles. The minimum absolute atomic E-state index is 0.0322. The van der Waals surface area contributed by atoms with E-state index in [1.54, 1.807) is 0 Å². The van der Waals surface area contributed by atoms with Crippen LogP contribution in [0.15, 0.2) is 36.4 Å². The first kappa shape index (κ1) is 18.0. The summed E-state index contributed by atoms with van der Waals surface area (Å²) in [5.74, 6) is 0.995. The van der Waals surface area contributed by atoms with E-state index < -0.39 is 0 Å². The molecule has 1 aromatic carbocycles. The lowest BCUT2D eigenvalue weighted by Gasteiger charge is -2.09. The topological polar surface area (TPSA) is 44.1 Å². The van der Waals surface area contributed by atoms with Gasteiger partial charge in [-0.05, 0) is 50.8 Å². The summed E-state index contributed by atoms with van der Waals surface area (Å²) in [6.45, 7) is 14.0. The molecule has 0 amide bonds. The molecule has 0 bridgehead atoms. The van der Waals surface area contributed by atoms with Crippen LogP contribution in [0.3, 0.4) is 0 Å². The molecule has 0 aliphatic heterocycles. The molecule has 0 aliphatic rings. The van der Waals surface area contributed by atoms with Crippen LogP contribution < -0.4 is 4.74 Å². The lowest BCUT2D eigenvalue weighted by molar-refractivity contribution is 0.0818. The van der Waals surface area contributed by atoms with Crippen molar-refractivity contribution in [2.45, 2.75) is 47.0 Å². The molecule has 0 radical (unpaired) electrons. The minimum Gasteiger partial charge on any atom is -0.484 e. The summed E-state index contributed by atoms with van der Waals surface area (Å²) in [6, 6.07) is 7.85. The highest BCUT2D eigenvalue weighted by molar-refractivity contribution is 5.80. The second-order valence-corrected chi connectivity index (χ2v) is 6.60. The highest BCUT2D eigenvalue weighted by atomic mass is 16.5. The number of carbonyl (C=O) groups excluding carboxylic acids is 1. The van der Waals surface area contributed by atoms with Gasteiger partial charge in [-0.2, -0.15) is 5.10 Å². The van der Waals surface area contributed by atoms with E-state index in [2.05, 4.69) is 25.5 Å². The molecule has 0 unspecified atom stereocenters. The highest BCUT2D eigenvalue weighted by Crippen LogP contribution is 2.19. The summed E-state index contributed by atoms with van der Waals surface area (Å²) in [5.41, 5.74) is 5.09. The van der Waals surface area contributed by atoms with Gasteiger partial charge in [-0.15, -0.1) is 0 Å². The fourth-order valence-electron chi connectivity index (χ4n) is 2.63. The van der Waals surface area contributed by atoms with Crippen LogP contribution in [0.5, 0.6) is 5.75 Å². The maximum Gasteiger partial charge on any atom is 0.284 e. The van der Waals surface area contributed by atoms with Crippen LogP contribution in [-0.4, -0.2) is 22.3 Å². The van der Waals surface area contributed by atoms with Crippen molar-refractivity contribution in [1.29, 1.82) is 0 Å². The Labute approximate surface area is 144 Å². The van der Waals surface area contributed by atoms with Crippen LogP contribution in [0, 0.1) is 13.8 Å². The number of ether oxygens (including phenoxy) is 1. The third kappa shape index (κ3) is 4.13. The van der Waals surface area contributed by atoms with E-state index in [1.165, 1.54) is 10.2 Å². The molecule has 4 heteroatoms. The molecule has 4 nitrogen and oxygen atoms in total. The molecule has 0 saturated carbocycles. The Morgan fingerprint density at radius 1 is 1.25 bits per heavy atom. The summed E-state index contributed by atoms with van der Waals surface area (Å²) >= 11 is 0. The van der Waals surface area contributed by atoms with Crippen LogP contribution in [0.1, 0.15) is 54.0 Å². The first-order chi connectivity index (χ1) is 11.3. The quantitative estimate of drug-likeness (QED) is 0.736. The minimum atomic E-state index is -0.170. The SMILES string of the molecule is C=C(C)Cc1c(C)nn(C(=O)COc2ccc(C(C)C)cc2)c1C. The monoisotopic (exact) mass is 326 g/mol. The number of rotatable bonds is 6. The standard InChI is InChI=1S/C20H26N2O2/c1-13(2)11-19-15(5)21-22(16(19)6)20(23)12-24-18-9-7-17(8-10-18)14(3)4/h7-10,14H,1,11-12H2,2-6H3. The van der Waals surface area contributed by atoms with Gasteiger partial charge in [-0.3, -0.25) is 4.79 Å². The average molecular weight is 326 g/mol. The molecule has 128 valence electrons. The second-order valence-electron chi connectivity index (χ2n) is 6.60. The fraction of sp³-hybridized carbons (Fsp3) is 0.400. The first-order valence-corrected chi connectivity index (χ1v) is 8.25. The molecule has 0 fully saturated rings. The van der Waals surface area contributed by atoms with Crippen LogP contribution >= 0.6 is 0 Å². The molecule has 1 heterocycles. The lowest BCUT2D eigenvalue weighted by Crippen LogP contribution is -2.21. The number of allylic oxidation sites excluding steroid dienone is 1. The zero-order valence-electron chi connectivity index (χ0n) is 15.2. The molecular weight excluding hydrogens is 300 g/mol. The molecule has 24 heavy (non-hydrogen) atoms. The first-order valence-electron chi connectivity index (χ1n) is 8.25. The molecular formula is C20H26N2O2. The Balaban J connectivity index is 2.06. The zero-order valence-corrected chi connectivity index (χ0v) is 15.2. The van der Waals surface area contributed by atoms with Crippen molar-refractivity contribution < 1.29 is 9.53 Å². The average Bonchev–Trinajstić information content (AvgIpc) is 2.80. The number of benzene rings is 1. The maximum absolute atomic E-state index is 12.4. The molecule has 2 rings (SSSR count). The molecule has 0 atom stereocenters. The van der Waals surface area contributed by atoms with Gasteiger partial charge < -0.3 is 4.74 Å². The van der Waals surface area contributed by atoms with Crippen molar-refractivity contribution in [3.63, 3.8) is 0 Å². The van der Waals surface area contributed by atoms with Gasteiger partial charge in [0.25, 0.3) is 5.91 Å². The van der Waals surface area contributed by atoms with E-state index >= 15 is 0 Å². The van der Waals surface area contributed by atoms with E-state index in [0.29, 0.717) is 11.7 Å². The molecule has 2 aromatic rings. The number of hydrogen-bond donors (Lipinski definition) is 0. The van der Waals surface area contributed by atoms with Crippen LogP contribution in [0.2, 0.25) is 0 Å². The van der Waals surface area contributed by atoms with E-state index in [9.17, 15) is 4.79 Å². The Morgan fingerprint density at radius 2 is 1.88 bits per heavy atom. The van der Waals surface area contributed by atoms with Crippen LogP contribution in [-0.2, 0) is 6.42 Å². The van der Waals surface area contributed by atoms with Crippen molar-refractivity contribution >= 4 is 5.91 Å². The van der Waals surface area contributed by atoms with Crippen molar-refractivity contribution in [1.82, 2.24) is 9.78 Å². The number of aryl methyl sites for hydroxylation is 1. The molecule has 0 N–H and O–H groups in total. The summed E-state index contributed by atoms with van der Waals surface area (Å²) in [4.78, 5) is 12.4. The van der Waals surface area contributed by atoms with Crippen molar-refractivity contribution in [3.05, 3.63) is 58.9 Å². The number of carbonyl (C=O) groups is 1. The van der Waals surface area contributed by atoms with Crippen LogP contribution in [0.25, 0.3) is 0 Å². The number of aromatic nitrogens is 2. The zero-order chi connectivity index (χ0) is 17.9. The van der Waals surface area contributed by atoms with Gasteiger partial charge in [-0.1, -0.05) is 38.1 Å². The second kappa shape index (κ2) is 7.47. The molecule has 0 spiro atoms. The Kier molecular flexibility index (Phi) is 5.60. The van der Waals surface area contributed by atoms with Crippen LogP contribution in [0.4, 0.5) is 0 Å². The van der Waals surface area contributed by atoms with Gasteiger partial charge in [0, 0.05) is 11.3 Å². The van der Waals surface area contributed by atoms with Gasteiger partial charge in [-0.25, -0.2) is 4.68 Å². The predicted molar refractivity (Wildman–Crippen MR) is 96.9 cm³/mol. The van der Waals surface area contributed by atoms with E-state index in [0.717, 1.165) is 28.9 Å². The van der Waals surface area contributed by atoms with E-state index in [-0.39, 0.29) is 12.5 Å². The van der Waals surface area contributed by atoms with Crippen molar-refractivity contribution in [2.75, 3.05) is 6.61 Å². The third-order valence-electron chi connectivity index (χ3n) is 4.07. The smallest absolute Gasteiger partial charge is 0.284 e.